The van der Waals surface area contributed by atoms with Crippen LogP contribution < -0.4 is 5.56 Å². The Bertz CT molecular complexity index is 602. The number of fused-ring (bicyclic) bond motifs is 1. The van der Waals surface area contributed by atoms with Gasteiger partial charge in [-0.25, -0.2) is 9.78 Å². The van der Waals surface area contributed by atoms with Gasteiger partial charge in [0.15, 0.2) is 10.4 Å². The standard InChI is InChI=1S/C9H9N3O3S/c1-2-3-12-4-10-5-6(8(12)13)11-16-7(5)9(14)15/h4H,2-3H2,1H3,(H,14,15). The van der Waals surface area contributed by atoms with Crippen molar-refractivity contribution < 1.29 is 9.90 Å². The fourth-order valence-electron chi connectivity index (χ4n) is 1.40. The average Bonchev–Trinajstić information content (AvgIpc) is 2.67. The molecule has 0 bridgehead atoms. The number of aromatic nitrogens is 3. The van der Waals surface area contributed by atoms with Crippen LogP contribution in [0.5, 0.6) is 0 Å². The summed E-state index contributed by atoms with van der Waals surface area (Å²) in [4.78, 5) is 26.6. The van der Waals surface area contributed by atoms with E-state index in [4.69, 9.17) is 5.11 Å². The first-order valence-corrected chi connectivity index (χ1v) is 5.50. The Morgan fingerprint density at radius 1 is 1.56 bits per heavy atom. The molecule has 0 fully saturated rings. The van der Waals surface area contributed by atoms with Gasteiger partial charge in [0.25, 0.3) is 5.56 Å². The highest BCUT2D eigenvalue weighted by Crippen LogP contribution is 2.16. The maximum Gasteiger partial charge on any atom is 0.349 e. The first-order valence-electron chi connectivity index (χ1n) is 4.73. The van der Waals surface area contributed by atoms with Gasteiger partial charge in [-0.2, -0.15) is 4.37 Å². The van der Waals surface area contributed by atoms with E-state index in [1.807, 2.05) is 6.92 Å². The number of hydrogen-bond acceptors (Lipinski definition) is 5. The molecule has 2 heterocycles. The number of carboxylic acid groups (broad SMARTS) is 1. The zero-order valence-corrected chi connectivity index (χ0v) is 9.32. The van der Waals surface area contributed by atoms with E-state index < -0.39 is 5.97 Å². The smallest absolute Gasteiger partial charge is 0.349 e. The molecule has 0 aliphatic heterocycles. The van der Waals surface area contributed by atoms with Crippen molar-refractivity contribution in [3.63, 3.8) is 0 Å². The molecule has 0 saturated heterocycles. The highest BCUT2D eigenvalue weighted by Gasteiger charge is 2.17. The molecule has 0 amide bonds. The number of hydrogen-bond donors (Lipinski definition) is 1. The van der Waals surface area contributed by atoms with Crippen molar-refractivity contribution >= 4 is 28.5 Å². The summed E-state index contributed by atoms with van der Waals surface area (Å²) in [7, 11) is 0. The Hall–Kier alpha value is -1.76. The van der Waals surface area contributed by atoms with Crippen molar-refractivity contribution in [2.24, 2.45) is 0 Å². The fourth-order valence-corrected chi connectivity index (χ4v) is 2.06. The van der Waals surface area contributed by atoms with Crippen LogP contribution in [0.25, 0.3) is 11.0 Å². The minimum atomic E-state index is -1.10. The third-order valence-corrected chi connectivity index (χ3v) is 2.94. The van der Waals surface area contributed by atoms with Crippen molar-refractivity contribution in [1.29, 1.82) is 0 Å². The van der Waals surface area contributed by atoms with Gasteiger partial charge in [-0.1, -0.05) is 6.92 Å². The van der Waals surface area contributed by atoms with Crippen LogP contribution >= 0.6 is 11.5 Å². The fraction of sp³-hybridized carbons (Fsp3) is 0.333. The van der Waals surface area contributed by atoms with Crippen molar-refractivity contribution in [2.45, 2.75) is 19.9 Å². The lowest BCUT2D eigenvalue weighted by Gasteiger charge is -2.01. The second-order valence-corrected chi connectivity index (χ2v) is 4.03. The quantitative estimate of drug-likeness (QED) is 0.862. The van der Waals surface area contributed by atoms with Gasteiger partial charge in [0, 0.05) is 6.54 Å². The molecule has 2 aromatic rings. The van der Waals surface area contributed by atoms with E-state index >= 15 is 0 Å². The van der Waals surface area contributed by atoms with Crippen LogP contribution in [0.2, 0.25) is 0 Å². The van der Waals surface area contributed by atoms with Crippen LogP contribution in [-0.2, 0) is 6.54 Å². The third-order valence-electron chi connectivity index (χ3n) is 2.12. The lowest BCUT2D eigenvalue weighted by atomic mass is 10.3. The second-order valence-electron chi connectivity index (χ2n) is 3.26. The normalized spacial score (nSPS) is 10.8. The number of rotatable bonds is 3. The average molecular weight is 239 g/mol. The molecule has 16 heavy (non-hydrogen) atoms. The van der Waals surface area contributed by atoms with E-state index in [0.717, 1.165) is 18.0 Å². The van der Waals surface area contributed by atoms with Crippen molar-refractivity contribution in [3.05, 3.63) is 21.6 Å². The minimum absolute atomic E-state index is 0.00995. The van der Waals surface area contributed by atoms with E-state index in [1.54, 1.807) is 0 Å². The lowest BCUT2D eigenvalue weighted by molar-refractivity contribution is 0.0704. The SMILES string of the molecule is CCCn1cnc2c(C(=O)O)snc2c1=O. The predicted molar refractivity (Wildman–Crippen MR) is 58.9 cm³/mol. The number of carbonyl (C=O) groups is 1. The molecule has 0 aliphatic carbocycles. The molecule has 0 radical (unpaired) electrons. The molecule has 0 atom stereocenters. The topological polar surface area (TPSA) is 85.1 Å². The molecule has 1 N–H and O–H groups in total. The molecule has 0 unspecified atom stereocenters. The molecule has 0 spiro atoms. The summed E-state index contributed by atoms with van der Waals surface area (Å²) < 4.78 is 5.29. The summed E-state index contributed by atoms with van der Waals surface area (Å²) in [5, 5.41) is 8.86. The maximum absolute atomic E-state index is 11.8. The molecule has 0 aliphatic rings. The summed E-state index contributed by atoms with van der Waals surface area (Å²) in [6.45, 7) is 2.50. The molecule has 0 aromatic carbocycles. The largest absolute Gasteiger partial charge is 0.477 e. The Morgan fingerprint density at radius 3 is 2.94 bits per heavy atom. The zero-order chi connectivity index (χ0) is 11.7. The van der Waals surface area contributed by atoms with Crippen LogP contribution in [0.3, 0.4) is 0 Å². The van der Waals surface area contributed by atoms with Gasteiger partial charge in [-0.15, -0.1) is 0 Å². The molecule has 2 aromatic heterocycles. The molecule has 6 nitrogen and oxygen atoms in total. The van der Waals surface area contributed by atoms with Gasteiger partial charge >= 0.3 is 5.97 Å². The zero-order valence-electron chi connectivity index (χ0n) is 8.51. The van der Waals surface area contributed by atoms with Crippen molar-refractivity contribution in [2.75, 3.05) is 0 Å². The molecular formula is C9H9N3O3S. The summed E-state index contributed by atoms with van der Waals surface area (Å²) in [5.41, 5.74) is 0.0313. The number of aromatic carboxylic acids is 1. The number of aryl methyl sites for hydroxylation is 1. The summed E-state index contributed by atoms with van der Waals surface area (Å²) in [6, 6.07) is 0. The summed E-state index contributed by atoms with van der Waals surface area (Å²) in [5.74, 6) is -1.10. The third kappa shape index (κ3) is 1.58. The monoisotopic (exact) mass is 239 g/mol. The molecule has 0 saturated carbocycles. The van der Waals surface area contributed by atoms with Gasteiger partial charge in [0.1, 0.15) is 5.52 Å². The van der Waals surface area contributed by atoms with Gasteiger partial charge in [-0.3, -0.25) is 9.36 Å². The Morgan fingerprint density at radius 2 is 2.31 bits per heavy atom. The highest BCUT2D eigenvalue weighted by molar-refractivity contribution is 7.09. The first kappa shape index (κ1) is 10.7. The van der Waals surface area contributed by atoms with E-state index in [2.05, 4.69) is 9.36 Å². The van der Waals surface area contributed by atoms with Gasteiger partial charge in [0.05, 0.1) is 6.33 Å². The molecule has 7 heteroatoms. The number of carboxylic acids is 1. The number of nitrogens with zero attached hydrogens (tertiary/aromatic N) is 3. The van der Waals surface area contributed by atoms with Crippen molar-refractivity contribution in [1.82, 2.24) is 13.9 Å². The van der Waals surface area contributed by atoms with Crippen LogP contribution in [0.15, 0.2) is 11.1 Å². The summed E-state index contributed by atoms with van der Waals surface area (Å²) in [6.07, 6.45) is 2.18. The minimum Gasteiger partial charge on any atom is -0.477 e. The van der Waals surface area contributed by atoms with E-state index in [0.29, 0.717) is 6.54 Å². The molecular weight excluding hydrogens is 230 g/mol. The van der Waals surface area contributed by atoms with Gasteiger partial charge in [0.2, 0.25) is 0 Å². The highest BCUT2D eigenvalue weighted by atomic mass is 32.1. The predicted octanol–water partition coefficient (Wildman–Crippen LogP) is 0.961. The molecule has 2 rings (SSSR count). The van der Waals surface area contributed by atoms with E-state index in [-0.39, 0.29) is 21.5 Å². The molecule has 84 valence electrons. The lowest BCUT2D eigenvalue weighted by Crippen LogP contribution is -2.20. The maximum atomic E-state index is 11.8. The Kier molecular flexibility index (Phi) is 2.69. The van der Waals surface area contributed by atoms with Crippen molar-refractivity contribution in [3.8, 4) is 0 Å². The van der Waals surface area contributed by atoms with Gasteiger partial charge < -0.3 is 5.11 Å². The Labute approximate surface area is 94.3 Å². The second kappa shape index (κ2) is 4.01. The van der Waals surface area contributed by atoms with Crippen LogP contribution in [0.1, 0.15) is 23.0 Å². The summed E-state index contributed by atoms with van der Waals surface area (Å²) >= 11 is 0.787. The van der Waals surface area contributed by atoms with E-state index in [1.165, 1.54) is 10.9 Å². The van der Waals surface area contributed by atoms with Crippen LogP contribution in [-0.4, -0.2) is 25.0 Å². The first-order chi connectivity index (χ1) is 7.65. The van der Waals surface area contributed by atoms with E-state index in [9.17, 15) is 9.59 Å². The van der Waals surface area contributed by atoms with Crippen LogP contribution in [0.4, 0.5) is 0 Å². The van der Waals surface area contributed by atoms with Gasteiger partial charge in [-0.05, 0) is 18.0 Å². The Balaban J connectivity index is 2.69. The van der Waals surface area contributed by atoms with Crippen LogP contribution in [0, 0.1) is 0 Å².